The van der Waals surface area contributed by atoms with Gasteiger partial charge in [0, 0.05) is 24.2 Å². The monoisotopic (exact) mass is 267 g/mol. The fourth-order valence-corrected chi connectivity index (χ4v) is 1.35. The van der Waals surface area contributed by atoms with Crippen molar-refractivity contribution in [2.75, 3.05) is 0 Å². The maximum atomic E-state index is 10.4. The van der Waals surface area contributed by atoms with E-state index in [4.69, 9.17) is 22.9 Å². The molecule has 2 nitrogen and oxygen atoms in total. The fourth-order valence-electron chi connectivity index (χ4n) is 1.35. The zero-order valence-corrected chi connectivity index (χ0v) is 10.5. The van der Waals surface area contributed by atoms with Crippen LogP contribution in [0.15, 0.2) is 12.2 Å². The van der Waals surface area contributed by atoms with E-state index in [0.29, 0.717) is 19.3 Å². The molecule has 0 aliphatic rings. The molecule has 0 atom stereocenters. The van der Waals surface area contributed by atoms with Gasteiger partial charge < -0.3 is 5.11 Å². The smallest absolute Gasteiger partial charge is 0.303 e. The molecule has 0 fully saturated rings. The van der Waals surface area contributed by atoms with Crippen molar-refractivity contribution in [3.8, 4) is 0 Å². The van der Waals surface area contributed by atoms with Crippen LogP contribution in [0, 0.1) is 0 Å². The van der Waals surface area contributed by atoms with Crippen LogP contribution in [0.5, 0.6) is 0 Å². The minimum absolute atomic E-state index is 0.0877. The molecule has 1 N–H and O–H groups in total. The topological polar surface area (TPSA) is 37.3 Å². The van der Waals surface area contributed by atoms with Gasteiger partial charge in [-0.2, -0.15) is 0 Å². The van der Waals surface area contributed by atoms with Crippen LogP contribution in [0.2, 0.25) is 0 Å². The first kappa shape index (κ1) is 5.30. The molecule has 0 aromatic heterocycles. The first-order chi connectivity index (χ1) is 13.7. The molecule has 0 radical (unpaired) electrons. The highest BCUT2D eigenvalue weighted by atomic mass is 16.4. The minimum atomic E-state index is -3.88. The minimum Gasteiger partial charge on any atom is -0.481 e. The van der Waals surface area contributed by atoms with E-state index in [1.54, 1.807) is 0 Å². The summed E-state index contributed by atoms with van der Waals surface area (Å²) in [5.74, 6) is -0.865. The normalized spacial score (nSPS) is 26.6. The van der Waals surface area contributed by atoms with Gasteiger partial charge in [0.2, 0.25) is 0 Å². The highest BCUT2D eigenvalue weighted by Gasteiger charge is 1.95. The number of carboxylic acid groups (broad SMARTS) is 1. The van der Waals surface area contributed by atoms with Crippen LogP contribution in [0.1, 0.15) is 101 Å². The van der Waals surface area contributed by atoms with Crippen molar-refractivity contribution in [3.63, 3.8) is 0 Å². The number of carbonyl (C=O) groups is 1. The lowest BCUT2D eigenvalue weighted by Gasteiger charge is -1.98. The van der Waals surface area contributed by atoms with Gasteiger partial charge in [0.1, 0.15) is 0 Å². The van der Waals surface area contributed by atoms with Crippen molar-refractivity contribution < 1.29 is 27.7 Å². The van der Waals surface area contributed by atoms with E-state index in [-0.39, 0.29) is 6.42 Å². The predicted molar refractivity (Wildman–Crippen MR) is 77.9 cm³/mol. The number of rotatable bonds is 13. The second kappa shape index (κ2) is 14.3. The van der Waals surface area contributed by atoms with Gasteiger partial charge in [0.05, 0.1) is 0 Å². The van der Waals surface area contributed by atoms with Crippen molar-refractivity contribution >= 4 is 5.97 Å². The first-order valence-electron chi connectivity index (χ1n) is 12.6. The average Bonchev–Trinajstić information content (AvgIpc) is 2.58. The number of hydrogen-bond donors (Lipinski definition) is 1. The third-order valence-corrected chi connectivity index (χ3v) is 2.22. The summed E-state index contributed by atoms with van der Waals surface area (Å²) in [6.07, 6.45) is -12.4. The number of carboxylic acids is 1. The second-order valence-electron chi connectivity index (χ2n) is 3.75. The van der Waals surface area contributed by atoms with Gasteiger partial charge in [0.15, 0.2) is 0 Å². The molecule has 0 saturated heterocycles. The Balaban J connectivity index is 5.21. The first-order valence-corrected chi connectivity index (χ1v) is 6.06. The lowest BCUT2D eigenvalue weighted by atomic mass is 10.1. The summed E-state index contributed by atoms with van der Waals surface area (Å²) in [5.41, 5.74) is 0. The van der Waals surface area contributed by atoms with Crippen LogP contribution in [0.4, 0.5) is 0 Å². The van der Waals surface area contributed by atoms with Crippen molar-refractivity contribution in [2.45, 2.75) is 83.7 Å². The van der Waals surface area contributed by atoms with Crippen molar-refractivity contribution in [2.24, 2.45) is 0 Å². The summed E-state index contributed by atoms with van der Waals surface area (Å²) < 4.78 is 99.6. The molecule has 0 aromatic rings. The summed E-state index contributed by atoms with van der Waals surface area (Å²) in [4.78, 5) is 10.4. The van der Waals surface area contributed by atoms with E-state index < -0.39 is 44.7 Å². The van der Waals surface area contributed by atoms with Gasteiger partial charge in [-0.05, 0) is 32.0 Å². The lowest BCUT2D eigenvalue weighted by Crippen LogP contribution is -1.93. The zero-order chi connectivity index (χ0) is 24.9. The molecule has 0 aromatic carbocycles. The molecule has 0 heterocycles. The molecule has 0 aliphatic heterocycles. The van der Waals surface area contributed by atoms with Crippen molar-refractivity contribution in [1.29, 1.82) is 0 Å². The molecule has 0 amide bonds. The van der Waals surface area contributed by atoms with Crippen molar-refractivity contribution in [1.82, 2.24) is 0 Å². The fraction of sp³-hybridized carbons (Fsp3) is 0.812. The Morgan fingerprint density at radius 3 is 2.67 bits per heavy atom. The van der Waals surface area contributed by atoms with Gasteiger partial charge in [-0.1, -0.05) is 57.4 Å². The number of aliphatic carboxylic acids is 1. The van der Waals surface area contributed by atoms with Crippen LogP contribution < -0.4 is 0 Å². The van der Waals surface area contributed by atoms with E-state index in [1.165, 1.54) is 6.08 Å². The van der Waals surface area contributed by atoms with Gasteiger partial charge in [-0.3, -0.25) is 4.79 Å². The standard InChI is InChI=1S/C16H30O2/c1-2-3-4-5-6-7-8-9-10-11-12-13-14-15-16(17)18/h7-8H,2-6,9-15H2,1H3,(H,17,18)/b8-7-/i1D3,2D2,3D2,4D2,5D2,6D2. The van der Waals surface area contributed by atoms with Crippen LogP contribution in [0.25, 0.3) is 0 Å². The molecule has 2 heteroatoms. The molecular weight excluding hydrogens is 224 g/mol. The summed E-state index contributed by atoms with van der Waals surface area (Å²) >= 11 is 0. The molecular formula is C16H30O2. The van der Waals surface area contributed by atoms with Crippen LogP contribution in [-0.2, 0) is 4.79 Å². The SMILES string of the molecule is [2H]C([2H])([2H])C([2H])([2H])C([2H])([2H])C([2H])([2H])C([2H])([2H])C([2H])([2H])/C=C\CCCCCCCC(=O)O. The molecule has 0 aliphatic carbocycles. The van der Waals surface area contributed by atoms with Crippen LogP contribution >= 0.6 is 0 Å². The Morgan fingerprint density at radius 2 is 1.89 bits per heavy atom. The summed E-state index contributed by atoms with van der Waals surface area (Å²) in [7, 11) is 0. The van der Waals surface area contributed by atoms with Crippen LogP contribution in [0.3, 0.4) is 0 Å². The Kier molecular flexibility index (Phi) is 4.20. The molecule has 0 rings (SSSR count). The zero-order valence-electron chi connectivity index (χ0n) is 23.5. The molecule has 0 saturated carbocycles. The Bertz CT molecular complexity index is 623. The highest BCUT2D eigenvalue weighted by molar-refractivity contribution is 5.66. The summed E-state index contributed by atoms with van der Waals surface area (Å²) in [6, 6.07) is 0. The van der Waals surface area contributed by atoms with E-state index in [0.717, 1.165) is 25.3 Å². The van der Waals surface area contributed by atoms with Gasteiger partial charge in [-0.15, -0.1) is 0 Å². The Labute approximate surface area is 131 Å². The molecule has 106 valence electrons. The molecule has 0 unspecified atom stereocenters. The van der Waals surface area contributed by atoms with E-state index in [2.05, 4.69) is 0 Å². The maximum absolute atomic E-state index is 10.4. The Hall–Kier alpha value is -0.790. The molecule has 0 bridgehead atoms. The van der Waals surface area contributed by atoms with E-state index in [9.17, 15) is 4.79 Å². The number of unbranched alkanes of at least 4 members (excludes halogenated alkanes) is 5. The van der Waals surface area contributed by atoms with Crippen molar-refractivity contribution in [3.05, 3.63) is 12.2 Å². The van der Waals surface area contributed by atoms with Crippen LogP contribution in [-0.4, -0.2) is 11.1 Å². The second-order valence-corrected chi connectivity index (χ2v) is 3.75. The van der Waals surface area contributed by atoms with Gasteiger partial charge in [0.25, 0.3) is 0 Å². The van der Waals surface area contributed by atoms with E-state index >= 15 is 0 Å². The molecule has 18 heavy (non-hydrogen) atoms. The number of hydrogen-bond acceptors (Lipinski definition) is 1. The quantitative estimate of drug-likeness (QED) is 0.362. The third-order valence-electron chi connectivity index (χ3n) is 2.22. The summed E-state index contributed by atoms with van der Waals surface area (Å²) in [5, 5.41) is 8.55. The average molecular weight is 267 g/mol. The largest absolute Gasteiger partial charge is 0.481 e. The Morgan fingerprint density at radius 1 is 1.11 bits per heavy atom. The maximum Gasteiger partial charge on any atom is 0.303 e. The van der Waals surface area contributed by atoms with E-state index in [1.807, 2.05) is 0 Å². The third kappa shape index (κ3) is 15.2. The molecule has 0 spiro atoms. The number of allylic oxidation sites excluding steroid dienone is 2. The predicted octanol–water partition coefficient (Wildman–Crippen LogP) is 5.33. The lowest BCUT2D eigenvalue weighted by molar-refractivity contribution is -0.137. The summed E-state index contributed by atoms with van der Waals surface area (Å²) in [6.45, 7) is -3.60. The van der Waals surface area contributed by atoms with Gasteiger partial charge >= 0.3 is 5.97 Å². The highest BCUT2D eigenvalue weighted by Crippen LogP contribution is 2.08. The van der Waals surface area contributed by atoms with Gasteiger partial charge in [-0.25, -0.2) is 0 Å².